The van der Waals surface area contributed by atoms with E-state index in [1.165, 1.54) is 5.56 Å². The summed E-state index contributed by atoms with van der Waals surface area (Å²) in [7, 11) is 0. The van der Waals surface area contributed by atoms with Crippen molar-refractivity contribution < 1.29 is 19.0 Å². The molecule has 0 N–H and O–H groups in total. The SMILES string of the molecule is CC1CCc2cc(O[C@H]3CCN(C(=O)C4CCOCC4)C3)ccc2O1. The molecule has 3 aliphatic heterocycles. The molecule has 0 bridgehead atoms. The van der Waals surface area contributed by atoms with Crippen LogP contribution in [0.3, 0.4) is 0 Å². The summed E-state index contributed by atoms with van der Waals surface area (Å²) in [6.07, 6.45) is 5.07. The fraction of sp³-hybridized carbons (Fsp3) is 0.650. The van der Waals surface area contributed by atoms with E-state index in [-0.39, 0.29) is 17.9 Å². The molecule has 136 valence electrons. The van der Waals surface area contributed by atoms with E-state index >= 15 is 0 Å². The molecule has 0 radical (unpaired) electrons. The van der Waals surface area contributed by atoms with Crippen LogP contribution in [-0.2, 0) is 16.0 Å². The number of likely N-dealkylation sites (tertiary alicyclic amines) is 1. The average molecular weight is 345 g/mol. The number of nitrogens with zero attached hydrogens (tertiary/aromatic N) is 1. The molecular formula is C20H27NO4. The minimum Gasteiger partial charge on any atom is -0.490 e. The van der Waals surface area contributed by atoms with Gasteiger partial charge in [-0.3, -0.25) is 4.79 Å². The van der Waals surface area contributed by atoms with Crippen molar-refractivity contribution >= 4 is 5.91 Å². The quantitative estimate of drug-likeness (QED) is 0.845. The first-order valence-electron chi connectivity index (χ1n) is 9.52. The van der Waals surface area contributed by atoms with Gasteiger partial charge in [0.05, 0.1) is 12.6 Å². The van der Waals surface area contributed by atoms with Gasteiger partial charge in [-0.25, -0.2) is 0 Å². The van der Waals surface area contributed by atoms with Gasteiger partial charge >= 0.3 is 0 Å². The van der Waals surface area contributed by atoms with E-state index in [0.717, 1.165) is 50.1 Å². The van der Waals surface area contributed by atoms with Crippen molar-refractivity contribution in [3.05, 3.63) is 23.8 Å². The maximum Gasteiger partial charge on any atom is 0.225 e. The Kier molecular flexibility index (Phi) is 4.84. The van der Waals surface area contributed by atoms with Crippen molar-refractivity contribution in [3.63, 3.8) is 0 Å². The fourth-order valence-electron chi connectivity index (χ4n) is 3.99. The number of amides is 1. The van der Waals surface area contributed by atoms with E-state index in [1.54, 1.807) is 0 Å². The molecule has 0 aromatic heterocycles. The van der Waals surface area contributed by atoms with Crippen LogP contribution in [0.25, 0.3) is 0 Å². The number of fused-ring (bicyclic) bond motifs is 1. The molecule has 0 saturated carbocycles. The largest absolute Gasteiger partial charge is 0.490 e. The number of benzene rings is 1. The second kappa shape index (κ2) is 7.24. The first-order valence-corrected chi connectivity index (χ1v) is 9.52. The lowest BCUT2D eigenvalue weighted by Gasteiger charge is -2.26. The van der Waals surface area contributed by atoms with Gasteiger partial charge in [0.1, 0.15) is 17.6 Å². The third-order valence-electron chi connectivity index (χ3n) is 5.51. The minimum absolute atomic E-state index is 0.0882. The number of hydrogen-bond acceptors (Lipinski definition) is 4. The average Bonchev–Trinajstić information content (AvgIpc) is 3.10. The predicted molar refractivity (Wildman–Crippen MR) is 94.0 cm³/mol. The van der Waals surface area contributed by atoms with Crippen LogP contribution in [0.5, 0.6) is 11.5 Å². The summed E-state index contributed by atoms with van der Waals surface area (Å²) in [5.41, 5.74) is 1.23. The number of ether oxygens (including phenoxy) is 3. The van der Waals surface area contributed by atoms with Crippen LogP contribution in [0, 0.1) is 5.92 Å². The number of hydrogen-bond donors (Lipinski definition) is 0. The van der Waals surface area contributed by atoms with Crippen molar-refractivity contribution in [1.82, 2.24) is 4.90 Å². The zero-order chi connectivity index (χ0) is 17.2. The highest BCUT2D eigenvalue weighted by molar-refractivity contribution is 5.79. The van der Waals surface area contributed by atoms with Crippen molar-refractivity contribution in [2.45, 2.75) is 51.2 Å². The summed E-state index contributed by atoms with van der Waals surface area (Å²) in [5.74, 6) is 2.29. The van der Waals surface area contributed by atoms with E-state index in [1.807, 2.05) is 17.0 Å². The van der Waals surface area contributed by atoms with Gasteiger partial charge in [0.25, 0.3) is 0 Å². The van der Waals surface area contributed by atoms with Crippen molar-refractivity contribution in [3.8, 4) is 11.5 Å². The summed E-state index contributed by atoms with van der Waals surface area (Å²) in [6.45, 7) is 5.02. The van der Waals surface area contributed by atoms with Gasteiger partial charge < -0.3 is 19.1 Å². The molecule has 1 aromatic carbocycles. The molecule has 25 heavy (non-hydrogen) atoms. The Bertz CT molecular complexity index is 626. The first-order chi connectivity index (χ1) is 12.2. The van der Waals surface area contributed by atoms with Crippen LogP contribution >= 0.6 is 0 Å². The molecule has 2 atom stereocenters. The fourth-order valence-corrected chi connectivity index (χ4v) is 3.99. The summed E-state index contributed by atoms with van der Waals surface area (Å²) in [5, 5.41) is 0. The Balaban J connectivity index is 1.34. The molecule has 1 amide bonds. The molecule has 5 nitrogen and oxygen atoms in total. The summed E-state index contributed by atoms with van der Waals surface area (Å²) in [4.78, 5) is 14.6. The van der Waals surface area contributed by atoms with Crippen LogP contribution in [0.4, 0.5) is 0 Å². The zero-order valence-electron chi connectivity index (χ0n) is 14.9. The Hall–Kier alpha value is -1.75. The molecule has 0 aliphatic carbocycles. The van der Waals surface area contributed by atoms with Gasteiger partial charge in [0.2, 0.25) is 5.91 Å². The number of aryl methyl sites for hydroxylation is 1. The molecule has 1 unspecified atom stereocenters. The number of carbonyl (C=O) groups is 1. The third kappa shape index (κ3) is 3.76. The second-order valence-corrected chi connectivity index (χ2v) is 7.44. The minimum atomic E-state index is 0.0882. The molecule has 5 heteroatoms. The van der Waals surface area contributed by atoms with Gasteiger partial charge in [0, 0.05) is 32.1 Å². The molecule has 1 aromatic rings. The molecule has 0 spiro atoms. The van der Waals surface area contributed by atoms with Crippen LogP contribution < -0.4 is 9.47 Å². The summed E-state index contributed by atoms with van der Waals surface area (Å²) in [6, 6.07) is 6.10. The number of rotatable bonds is 3. The maximum atomic E-state index is 12.6. The molecular weight excluding hydrogens is 318 g/mol. The Labute approximate surface area is 149 Å². The summed E-state index contributed by atoms with van der Waals surface area (Å²) >= 11 is 0. The first kappa shape index (κ1) is 16.7. The predicted octanol–water partition coefficient (Wildman–Crippen LogP) is 2.81. The monoisotopic (exact) mass is 345 g/mol. The number of carbonyl (C=O) groups excluding carboxylic acids is 1. The Morgan fingerprint density at radius 3 is 2.88 bits per heavy atom. The lowest BCUT2D eigenvalue weighted by Crippen LogP contribution is -2.38. The Morgan fingerprint density at radius 2 is 2.04 bits per heavy atom. The highest BCUT2D eigenvalue weighted by Gasteiger charge is 2.32. The molecule has 2 fully saturated rings. The topological polar surface area (TPSA) is 48.0 Å². The van der Waals surface area contributed by atoms with Crippen molar-refractivity contribution in [1.29, 1.82) is 0 Å². The lowest BCUT2D eigenvalue weighted by molar-refractivity contribution is -0.137. The maximum absolute atomic E-state index is 12.6. The van der Waals surface area contributed by atoms with E-state index in [2.05, 4.69) is 13.0 Å². The second-order valence-electron chi connectivity index (χ2n) is 7.44. The molecule has 2 saturated heterocycles. The lowest BCUT2D eigenvalue weighted by atomic mass is 9.99. The molecule has 3 aliphatic rings. The third-order valence-corrected chi connectivity index (χ3v) is 5.51. The van der Waals surface area contributed by atoms with Crippen LogP contribution in [-0.4, -0.2) is 49.3 Å². The standard InChI is InChI=1S/C20H27NO4/c1-14-2-3-16-12-17(4-5-19(16)24-14)25-18-6-9-21(13-18)20(22)15-7-10-23-11-8-15/h4-5,12,14-15,18H,2-3,6-11,13H2,1H3/t14?,18-/m0/s1. The summed E-state index contributed by atoms with van der Waals surface area (Å²) < 4.78 is 17.4. The van der Waals surface area contributed by atoms with Gasteiger partial charge in [0.15, 0.2) is 0 Å². The van der Waals surface area contributed by atoms with Crippen LogP contribution in [0.15, 0.2) is 18.2 Å². The Morgan fingerprint density at radius 1 is 1.20 bits per heavy atom. The van der Waals surface area contributed by atoms with Crippen molar-refractivity contribution in [2.75, 3.05) is 26.3 Å². The van der Waals surface area contributed by atoms with E-state index < -0.39 is 0 Å². The van der Waals surface area contributed by atoms with Crippen LogP contribution in [0.1, 0.15) is 38.2 Å². The van der Waals surface area contributed by atoms with Gasteiger partial charge in [-0.2, -0.15) is 0 Å². The molecule has 3 heterocycles. The van der Waals surface area contributed by atoms with Crippen LogP contribution in [0.2, 0.25) is 0 Å². The molecule has 4 rings (SSSR count). The van der Waals surface area contributed by atoms with Crippen molar-refractivity contribution in [2.24, 2.45) is 5.92 Å². The highest BCUT2D eigenvalue weighted by Crippen LogP contribution is 2.32. The van der Waals surface area contributed by atoms with E-state index in [4.69, 9.17) is 14.2 Å². The van der Waals surface area contributed by atoms with Gasteiger partial charge in [-0.1, -0.05) is 0 Å². The smallest absolute Gasteiger partial charge is 0.225 e. The van der Waals surface area contributed by atoms with Gasteiger partial charge in [-0.05, 0) is 56.4 Å². The van der Waals surface area contributed by atoms with E-state index in [0.29, 0.717) is 25.9 Å². The highest BCUT2D eigenvalue weighted by atomic mass is 16.5. The van der Waals surface area contributed by atoms with E-state index in [9.17, 15) is 4.79 Å². The van der Waals surface area contributed by atoms with Gasteiger partial charge in [-0.15, -0.1) is 0 Å². The normalized spacial score (nSPS) is 26.8. The zero-order valence-corrected chi connectivity index (χ0v) is 14.9.